The molecular weight excluding hydrogens is 309 g/mol. The Labute approximate surface area is 142 Å². The molecule has 2 heterocycles. The van der Waals surface area contributed by atoms with E-state index >= 15 is 0 Å². The lowest BCUT2D eigenvalue weighted by atomic mass is 10.1. The molecule has 6 heteroatoms. The summed E-state index contributed by atoms with van der Waals surface area (Å²) in [5.41, 5.74) is 0.166. The van der Waals surface area contributed by atoms with E-state index in [0.29, 0.717) is 11.7 Å². The highest BCUT2D eigenvalue weighted by atomic mass is 19.1. The fourth-order valence-electron chi connectivity index (χ4n) is 3.59. The summed E-state index contributed by atoms with van der Waals surface area (Å²) in [6.45, 7) is 4.90. The number of amides is 2. The number of nitrogens with one attached hydrogen (secondary N) is 1. The molecule has 2 aliphatic heterocycles. The van der Waals surface area contributed by atoms with Crippen LogP contribution in [0.5, 0.6) is 5.75 Å². The minimum absolute atomic E-state index is 0.166. The van der Waals surface area contributed by atoms with Crippen LogP contribution in [0, 0.1) is 11.7 Å². The third-order valence-corrected chi connectivity index (χ3v) is 4.95. The van der Waals surface area contributed by atoms with Crippen LogP contribution in [0.1, 0.15) is 25.7 Å². The third-order valence-electron chi connectivity index (χ3n) is 4.95. The van der Waals surface area contributed by atoms with Gasteiger partial charge < -0.3 is 19.9 Å². The van der Waals surface area contributed by atoms with E-state index in [1.807, 2.05) is 0 Å². The zero-order chi connectivity index (χ0) is 16.9. The Kier molecular flexibility index (Phi) is 5.56. The molecule has 2 saturated heterocycles. The quantitative estimate of drug-likeness (QED) is 0.919. The molecule has 24 heavy (non-hydrogen) atoms. The van der Waals surface area contributed by atoms with Crippen LogP contribution in [-0.4, -0.2) is 55.7 Å². The van der Waals surface area contributed by atoms with Gasteiger partial charge in [-0.15, -0.1) is 0 Å². The predicted molar refractivity (Wildman–Crippen MR) is 91.9 cm³/mol. The molecule has 0 spiro atoms. The van der Waals surface area contributed by atoms with E-state index in [4.69, 9.17) is 4.74 Å². The van der Waals surface area contributed by atoms with Gasteiger partial charge in [-0.3, -0.25) is 0 Å². The monoisotopic (exact) mass is 335 g/mol. The fourth-order valence-corrected chi connectivity index (χ4v) is 3.59. The van der Waals surface area contributed by atoms with E-state index in [-0.39, 0.29) is 11.7 Å². The van der Waals surface area contributed by atoms with Gasteiger partial charge in [0.25, 0.3) is 0 Å². The fraction of sp³-hybridized carbons (Fsp3) is 0.611. The molecule has 2 amide bonds. The summed E-state index contributed by atoms with van der Waals surface area (Å²) in [6, 6.07) is 4.12. The number of ether oxygens (including phenoxy) is 1. The van der Waals surface area contributed by atoms with E-state index in [1.54, 1.807) is 4.90 Å². The van der Waals surface area contributed by atoms with Crippen LogP contribution in [0.25, 0.3) is 0 Å². The van der Waals surface area contributed by atoms with E-state index in [1.165, 1.54) is 57.7 Å². The molecule has 0 aliphatic carbocycles. The summed E-state index contributed by atoms with van der Waals surface area (Å²) in [5.74, 6) is 0.591. The molecule has 0 bridgehead atoms. The average molecular weight is 335 g/mol. The number of anilines is 1. The molecule has 0 radical (unpaired) electrons. The second-order valence-electron chi connectivity index (χ2n) is 6.74. The number of hydrogen-bond donors (Lipinski definition) is 1. The van der Waals surface area contributed by atoms with Gasteiger partial charge in [0.2, 0.25) is 0 Å². The number of rotatable bonds is 4. The van der Waals surface area contributed by atoms with Gasteiger partial charge in [-0.05, 0) is 50.4 Å². The Morgan fingerprint density at radius 2 is 2.08 bits per heavy atom. The van der Waals surface area contributed by atoms with E-state index < -0.39 is 5.82 Å². The normalized spacial score (nSPS) is 21.8. The maximum absolute atomic E-state index is 13.8. The number of carbonyl (C=O) groups is 1. The second-order valence-corrected chi connectivity index (χ2v) is 6.74. The van der Waals surface area contributed by atoms with Crippen molar-refractivity contribution in [3.05, 3.63) is 24.0 Å². The molecule has 3 rings (SSSR count). The average Bonchev–Trinajstić information content (AvgIpc) is 3.06. The zero-order valence-corrected chi connectivity index (χ0v) is 14.3. The van der Waals surface area contributed by atoms with Crippen molar-refractivity contribution in [3.63, 3.8) is 0 Å². The van der Waals surface area contributed by atoms with Crippen LogP contribution in [-0.2, 0) is 0 Å². The van der Waals surface area contributed by atoms with Crippen molar-refractivity contribution >= 4 is 11.7 Å². The minimum atomic E-state index is -0.451. The van der Waals surface area contributed by atoms with Crippen molar-refractivity contribution in [2.24, 2.45) is 5.92 Å². The van der Waals surface area contributed by atoms with Crippen LogP contribution in [0.3, 0.4) is 0 Å². The lowest BCUT2D eigenvalue weighted by Gasteiger charge is -2.29. The maximum atomic E-state index is 13.8. The molecule has 132 valence electrons. The summed E-state index contributed by atoms with van der Waals surface area (Å²) < 4.78 is 18.9. The van der Waals surface area contributed by atoms with E-state index in [9.17, 15) is 9.18 Å². The van der Waals surface area contributed by atoms with E-state index in [2.05, 4.69) is 10.2 Å². The number of nitrogens with zero attached hydrogens (tertiary/aromatic N) is 2. The van der Waals surface area contributed by atoms with Gasteiger partial charge in [0, 0.05) is 25.7 Å². The van der Waals surface area contributed by atoms with Crippen molar-refractivity contribution in [1.82, 2.24) is 9.80 Å². The lowest BCUT2D eigenvalue weighted by Crippen LogP contribution is -2.37. The first kappa shape index (κ1) is 17.0. The molecular formula is C18H26FN3O2. The first-order valence-corrected chi connectivity index (χ1v) is 8.77. The smallest absolute Gasteiger partial charge is 0.321 e. The van der Waals surface area contributed by atoms with Crippen LogP contribution in [0.2, 0.25) is 0 Å². The highest BCUT2D eigenvalue weighted by Gasteiger charge is 2.28. The van der Waals surface area contributed by atoms with Crippen molar-refractivity contribution in [3.8, 4) is 5.75 Å². The second kappa shape index (κ2) is 7.83. The van der Waals surface area contributed by atoms with Crippen LogP contribution < -0.4 is 10.1 Å². The zero-order valence-electron chi connectivity index (χ0n) is 14.3. The lowest BCUT2D eigenvalue weighted by molar-refractivity contribution is 0.192. The molecule has 1 aromatic rings. The Balaban J connectivity index is 1.52. The first-order chi connectivity index (χ1) is 11.7. The standard InChI is InChI=1S/C18H26FN3O2/c1-24-15-5-6-16(19)17(11-15)20-18(23)22-10-7-14(13-22)12-21-8-3-2-4-9-21/h5-6,11,14H,2-4,7-10,12-13H2,1H3,(H,20,23)/t14-/m0/s1. The number of halogens is 1. The van der Waals surface area contributed by atoms with Gasteiger partial charge >= 0.3 is 6.03 Å². The molecule has 0 saturated carbocycles. The van der Waals surface area contributed by atoms with Gasteiger partial charge in [-0.1, -0.05) is 6.42 Å². The van der Waals surface area contributed by atoms with Crippen molar-refractivity contribution in [1.29, 1.82) is 0 Å². The van der Waals surface area contributed by atoms with Crippen LogP contribution in [0.15, 0.2) is 18.2 Å². The largest absolute Gasteiger partial charge is 0.497 e. The Bertz CT molecular complexity index is 575. The van der Waals surface area contributed by atoms with Gasteiger partial charge in [0.1, 0.15) is 11.6 Å². The summed E-state index contributed by atoms with van der Waals surface area (Å²) in [7, 11) is 1.52. The van der Waals surface area contributed by atoms with Crippen LogP contribution >= 0.6 is 0 Å². The third kappa shape index (κ3) is 4.17. The molecule has 0 aromatic heterocycles. The molecule has 2 fully saturated rings. The number of likely N-dealkylation sites (tertiary alicyclic amines) is 2. The maximum Gasteiger partial charge on any atom is 0.321 e. The highest BCUT2D eigenvalue weighted by molar-refractivity contribution is 5.89. The van der Waals surface area contributed by atoms with Crippen molar-refractivity contribution in [2.75, 3.05) is 45.2 Å². The summed E-state index contributed by atoms with van der Waals surface area (Å²) in [6.07, 6.45) is 4.92. The Morgan fingerprint density at radius 3 is 2.83 bits per heavy atom. The topological polar surface area (TPSA) is 44.8 Å². The predicted octanol–water partition coefficient (Wildman–Crippen LogP) is 3.17. The van der Waals surface area contributed by atoms with Crippen molar-refractivity contribution in [2.45, 2.75) is 25.7 Å². The molecule has 2 aliphatic rings. The van der Waals surface area contributed by atoms with Crippen LogP contribution in [0.4, 0.5) is 14.9 Å². The number of hydrogen-bond acceptors (Lipinski definition) is 3. The molecule has 1 atom stereocenters. The number of urea groups is 1. The SMILES string of the molecule is COc1ccc(F)c(NC(=O)N2CC[C@@H](CN3CCCCC3)C2)c1. The Morgan fingerprint density at radius 1 is 1.29 bits per heavy atom. The Hall–Kier alpha value is -1.82. The van der Waals surface area contributed by atoms with E-state index in [0.717, 1.165) is 26.1 Å². The summed E-state index contributed by atoms with van der Waals surface area (Å²) in [4.78, 5) is 16.7. The van der Waals surface area contributed by atoms with Crippen molar-refractivity contribution < 1.29 is 13.9 Å². The molecule has 5 nitrogen and oxygen atoms in total. The number of benzene rings is 1. The molecule has 1 aromatic carbocycles. The summed E-state index contributed by atoms with van der Waals surface area (Å²) >= 11 is 0. The van der Waals surface area contributed by atoms with Gasteiger partial charge in [-0.2, -0.15) is 0 Å². The molecule has 0 unspecified atom stereocenters. The first-order valence-electron chi connectivity index (χ1n) is 8.77. The van der Waals surface area contributed by atoms with Gasteiger partial charge in [0.05, 0.1) is 12.8 Å². The number of methoxy groups -OCH3 is 1. The number of piperidine rings is 1. The minimum Gasteiger partial charge on any atom is -0.497 e. The van der Waals surface area contributed by atoms with Gasteiger partial charge in [0.15, 0.2) is 0 Å². The number of carbonyl (C=O) groups excluding carboxylic acids is 1. The highest BCUT2D eigenvalue weighted by Crippen LogP contribution is 2.24. The molecule has 1 N–H and O–H groups in total. The summed E-state index contributed by atoms with van der Waals surface area (Å²) in [5, 5.41) is 2.67. The van der Waals surface area contributed by atoms with Gasteiger partial charge in [-0.25, -0.2) is 9.18 Å².